The molecule has 0 unspecified atom stereocenters. The van der Waals surface area contributed by atoms with Gasteiger partial charge in [0.15, 0.2) is 0 Å². The van der Waals surface area contributed by atoms with Crippen molar-refractivity contribution < 1.29 is 19.8 Å². The fourth-order valence-electron chi connectivity index (χ4n) is 1.10. The number of hydrogen-bond donors (Lipinski definition) is 2. The lowest BCUT2D eigenvalue weighted by molar-refractivity contribution is -0.140. The SMILES string of the molecule is O=C(O)C(=CCc1ccccc1)C(=O)O. The zero-order chi connectivity index (χ0) is 11.3. The highest BCUT2D eigenvalue weighted by Gasteiger charge is 2.14. The minimum absolute atomic E-state index is 0.300. The Labute approximate surface area is 86.5 Å². The van der Waals surface area contributed by atoms with Gasteiger partial charge in [-0.25, -0.2) is 9.59 Å². The summed E-state index contributed by atoms with van der Waals surface area (Å²) in [7, 11) is 0. The molecule has 4 heteroatoms. The fraction of sp³-hybridized carbons (Fsp3) is 0.0909. The van der Waals surface area contributed by atoms with Crippen LogP contribution in [0.2, 0.25) is 0 Å². The third kappa shape index (κ3) is 3.27. The summed E-state index contributed by atoms with van der Waals surface area (Å²) >= 11 is 0. The summed E-state index contributed by atoms with van der Waals surface area (Å²) in [5, 5.41) is 17.1. The second kappa shape index (κ2) is 4.95. The molecule has 1 aromatic rings. The van der Waals surface area contributed by atoms with Crippen LogP contribution in [-0.4, -0.2) is 22.2 Å². The lowest BCUT2D eigenvalue weighted by Crippen LogP contribution is -2.11. The number of aliphatic carboxylic acids is 2. The number of carboxylic acid groups (broad SMARTS) is 2. The summed E-state index contributed by atoms with van der Waals surface area (Å²) in [5.41, 5.74) is 0.274. The van der Waals surface area contributed by atoms with Crippen LogP contribution in [0.4, 0.5) is 0 Å². The maximum Gasteiger partial charge on any atom is 0.342 e. The van der Waals surface area contributed by atoms with Crippen LogP contribution < -0.4 is 0 Å². The molecule has 0 amide bonds. The predicted molar refractivity (Wildman–Crippen MR) is 53.5 cm³/mol. The van der Waals surface area contributed by atoms with Gasteiger partial charge in [0, 0.05) is 0 Å². The third-order valence-corrected chi connectivity index (χ3v) is 1.85. The second-order valence-electron chi connectivity index (χ2n) is 2.92. The average Bonchev–Trinajstić information content (AvgIpc) is 2.18. The summed E-state index contributed by atoms with van der Waals surface area (Å²) in [6.07, 6.45) is 1.49. The molecule has 0 radical (unpaired) electrons. The minimum Gasteiger partial charge on any atom is -0.477 e. The van der Waals surface area contributed by atoms with E-state index in [0.29, 0.717) is 6.42 Å². The van der Waals surface area contributed by atoms with Gasteiger partial charge in [0.2, 0.25) is 0 Å². The molecule has 0 saturated carbocycles. The smallest absolute Gasteiger partial charge is 0.342 e. The van der Waals surface area contributed by atoms with E-state index in [1.54, 1.807) is 12.1 Å². The van der Waals surface area contributed by atoms with E-state index in [1.807, 2.05) is 18.2 Å². The number of benzene rings is 1. The molecule has 1 rings (SSSR count). The predicted octanol–water partition coefficient (Wildman–Crippen LogP) is 1.32. The Hall–Kier alpha value is -2.10. The zero-order valence-electron chi connectivity index (χ0n) is 7.88. The van der Waals surface area contributed by atoms with Crippen LogP contribution in [0.25, 0.3) is 0 Å². The molecule has 0 fully saturated rings. The Morgan fingerprint density at radius 1 is 1.07 bits per heavy atom. The fourth-order valence-corrected chi connectivity index (χ4v) is 1.10. The van der Waals surface area contributed by atoms with Gasteiger partial charge in [-0.3, -0.25) is 0 Å². The summed E-state index contributed by atoms with van der Waals surface area (Å²) in [4.78, 5) is 21.0. The van der Waals surface area contributed by atoms with Gasteiger partial charge in [-0.05, 0) is 12.0 Å². The first-order chi connectivity index (χ1) is 7.11. The first-order valence-corrected chi connectivity index (χ1v) is 4.32. The lowest BCUT2D eigenvalue weighted by Gasteiger charge is -1.97. The van der Waals surface area contributed by atoms with Crippen molar-refractivity contribution in [3.8, 4) is 0 Å². The molecule has 0 saturated heterocycles. The van der Waals surface area contributed by atoms with Crippen LogP contribution >= 0.6 is 0 Å². The number of hydrogen-bond acceptors (Lipinski definition) is 2. The lowest BCUT2D eigenvalue weighted by atomic mass is 10.1. The summed E-state index contributed by atoms with van der Waals surface area (Å²) < 4.78 is 0. The molecule has 2 N–H and O–H groups in total. The topological polar surface area (TPSA) is 74.6 Å². The average molecular weight is 206 g/mol. The van der Waals surface area contributed by atoms with Crippen LogP contribution in [0.15, 0.2) is 42.0 Å². The van der Waals surface area contributed by atoms with Crippen LogP contribution in [0, 0.1) is 0 Å². The molecule has 78 valence electrons. The number of carbonyl (C=O) groups is 2. The molecule has 0 heterocycles. The van der Waals surface area contributed by atoms with Gasteiger partial charge in [-0.2, -0.15) is 0 Å². The monoisotopic (exact) mass is 206 g/mol. The molecule has 0 aromatic heterocycles. The van der Waals surface area contributed by atoms with Crippen molar-refractivity contribution in [1.82, 2.24) is 0 Å². The van der Waals surface area contributed by atoms with Gasteiger partial charge in [-0.1, -0.05) is 36.4 Å². The van der Waals surface area contributed by atoms with Crippen molar-refractivity contribution in [1.29, 1.82) is 0 Å². The molecule has 0 spiro atoms. The highest BCUT2D eigenvalue weighted by molar-refractivity contribution is 6.12. The van der Waals surface area contributed by atoms with Crippen LogP contribution in [0.5, 0.6) is 0 Å². The highest BCUT2D eigenvalue weighted by Crippen LogP contribution is 2.03. The molecule has 1 aromatic carbocycles. The largest absolute Gasteiger partial charge is 0.477 e. The first-order valence-electron chi connectivity index (χ1n) is 4.32. The maximum absolute atomic E-state index is 10.5. The van der Waals surface area contributed by atoms with Gasteiger partial charge in [0.25, 0.3) is 0 Å². The van der Waals surface area contributed by atoms with E-state index >= 15 is 0 Å². The summed E-state index contributed by atoms with van der Waals surface area (Å²) in [5.74, 6) is -2.84. The van der Waals surface area contributed by atoms with Crippen molar-refractivity contribution >= 4 is 11.9 Å². The van der Waals surface area contributed by atoms with Gasteiger partial charge >= 0.3 is 11.9 Å². The van der Waals surface area contributed by atoms with Gasteiger partial charge in [0.05, 0.1) is 0 Å². The van der Waals surface area contributed by atoms with Crippen molar-refractivity contribution in [2.24, 2.45) is 0 Å². The van der Waals surface area contributed by atoms with Gasteiger partial charge in [0.1, 0.15) is 5.57 Å². The van der Waals surface area contributed by atoms with Crippen molar-refractivity contribution in [2.45, 2.75) is 6.42 Å². The molecule has 0 aliphatic rings. The Kier molecular flexibility index (Phi) is 3.62. The molecule has 0 bridgehead atoms. The molecule has 0 atom stereocenters. The van der Waals surface area contributed by atoms with E-state index < -0.39 is 17.5 Å². The van der Waals surface area contributed by atoms with E-state index in [9.17, 15) is 9.59 Å². The Morgan fingerprint density at radius 3 is 2.07 bits per heavy atom. The zero-order valence-corrected chi connectivity index (χ0v) is 7.88. The van der Waals surface area contributed by atoms with Crippen molar-refractivity contribution in [3.05, 3.63) is 47.5 Å². The molecule has 4 nitrogen and oxygen atoms in total. The van der Waals surface area contributed by atoms with E-state index in [0.717, 1.165) is 5.56 Å². The third-order valence-electron chi connectivity index (χ3n) is 1.85. The standard InChI is InChI=1S/C11H10O4/c12-10(13)9(11(14)15)7-6-8-4-2-1-3-5-8/h1-5,7H,6H2,(H,12,13)(H,14,15). The normalized spacial score (nSPS) is 9.33. The Balaban J connectivity index is 2.79. The van der Waals surface area contributed by atoms with Crippen molar-refractivity contribution in [2.75, 3.05) is 0 Å². The second-order valence-corrected chi connectivity index (χ2v) is 2.92. The van der Waals surface area contributed by atoms with E-state index in [4.69, 9.17) is 10.2 Å². The quantitative estimate of drug-likeness (QED) is 0.442. The van der Waals surface area contributed by atoms with E-state index in [1.165, 1.54) is 6.08 Å². The van der Waals surface area contributed by atoms with Crippen LogP contribution in [0.3, 0.4) is 0 Å². The molecular weight excluding hydrogens is 196 g/mol. The summed E-state index contributed by atoms with van der Waals surface area (Å²) in [6.45, 7) is 0. The van der Waals surface area contributed by atoms with Crippen LogP contribution in [-0.2, 0) is 16.0 Å². The number of carboxylic acids is 2. The maximum atomic E-state index is 10.5. The van der Waals surface area contributed by atoms with E-state index in [-0.39, 0.29) is 0 Å². The van der Waals surface area contributed by atoms with Gasteiger partial charge < -0.3 is 10.2 Å². The molecule has 15 heavy (non-hydrogen) atoms. The molecule has 0 aliphatic carbocycles. The Morgan fingerprint density at radius 2 is 1.60 bits per heavy atom. The highest BCUT2D eigenvalue weighted by atomic mass is 16.4. The van der Waals surface area contributed by atoms with E-state index in [2.05, 4.69) is 0 Å². The number of allylic oxidation sites excluding steroid dienone is 1. The van der Waals surface area contributed by atoms with Crippen LogP contribution in [0.1, 0.15) is 5.56 Å². The first kappa shape index (κ1) is 11.0. The molecule has 0 aliphatic heterocycles. The van der Waals surface area contributed by atoms with Gasteiger partial charge in [-0.15, -0.1) is 0 Å². The number of rotatable bonds is 4. The minimum atomic E-state index is -1.42. The van der Waals surface area contributed by atoms with Crippen molar-refractivity contribution in [3.63, 3.8) is 0 Å². The Bertz CT molecular complexity index is 376. The molecular formula is C11H10O4. The summed E-state index contributed by atoms with van der Waals surface area (Å²) in [6, 6.07) is 9.06.